The highest BCUT2D eigenvalue weighted by Crippen LogP contribution is 2.26. The molecule has 0 aromatic heterocycles. The van der Waals surface area contributed by atoms with Crippen LogP contribution in [0.5, 0.6) is 0 Å². The molecule has 1 aliphatic heterocycles. The van der Waals surface area contributed by atoms with E-state index < -0.39 is 5.54 Å². The fraction of sp³-hybridized carbons (Fsp3) is 0.467. The van der Waals surface area contributed by atoms with Crippen LogP contribution in [-0.2, 0) is 0 Å². The molecule has 0 spiro atoms. The fourth-order valence-corrected chi connectivity index (χ4v) is 2.43. The monoisotopic (exact) mass is 272 g/mol. The normalized spacial score (nSPS) is 17.1. The van der Waals surface area contributed by atoms with Crippen LogP contribution < -0.4 is 5.32 Å². The summed E-state index contributed by atoms with van der Waals surface area (Å²) < 4.78 is 0. The van der Waals surface area contributed by atoms with Crippen LogP contribution in [-0.4, -0.2) is 48.6 Å². The summed E-state index contributed by atoms with van der Waals surface area (Å²) in [5, 5.41) is 12.8. The van der Waals surface area contributed by atoms with Gasteiger partial charge in [-0.3, -0.25) is 0 Å². The average Bonchev–Trinajstić information content (AvgIpc) is 2.48. The van der Waals surface area contributed by atoms with Gasteiger partial charge in [-0.15, -0.1) is 0 Å². The number of piperidine rings is 1. The van der Waals surface area contributed by atoms with Crippen LogP contribution in [0.1, 0.15) is 12.8 Å². The number of para-hydroxylation sites is 1. The number of hydrogen-bond acceptors (Lipinski definition) is 3. The largest absolute Gasteiger partial charge is 0.367 e. The minimum Gasteiger partial charge on any atom is -0.367 e. The molecule has 1 aliphatic rings. The van der Waals surface area contributed by atoms with Gasteiger partial charge >= 0.3 is 6.03 Å². The third-order valence-corrected chi connectivity index (χ3v) is 3.64. The van der Waals surface area contributed by atoms with Crippen molar-refractivity contribution in [1.29, 1.82) is 5.26 Å². The topological polar surface area (TPSA) is 59.4 Å². The Morgan fingerprint density at radius 1 is 1.30 bits per heavy atom. The summed E-state index contributed by atoms with van der Waals surface area (Å²) in [4.78, 5) is 15.3. The van der Waals surface area contributed by atoms with Crippen molar-refractivity contribution in [2.45, 2.75) is 18.4 Å². The Kier molecular flexibility index (Phi) is 4.14. The summed E-state index contributed by atoms with van der Waals surface area (Å²) in [7, 11) is 3.49. The lowest BCUT2D eigenvalue weighted by Crippen LogP contribution is -2.52. The lowest BCUT2D eigenvalue weighted by Gasteiger charge is -2.39. The molecule has 0 atom stereocenters. The van der Waals surface area contributed by atoms with Gasteiger partial charge in [0.2, 0.25) is 0 Å². The molecular formula is C15H20N4O. The number of carbonyl (C=O) groups is 1. The maximum atomic E-state index is 11.9. The maximum Gasteiger partial charge on any atom is 0.319 e. The molecule has 0 unspecified atom stereocenters. The Balaban J connectivity index is 2.02. The van der Waals surface area contributed by atoms with Gasteiger partial charge in [0.25, 0.3) is 0 Å². The fourth-order valence-electron chi connectivity index (χ4n) is 2.43. The van der Waals surface area contributed by atoms with Crippen LogP contribution in [0, 0.1) is 11.3 Å². The van der Waals surface area contributed by atoms with Crippen molar-refractivity contribution in [3.63, 3.8) is 0 Å². The predicted molar refractivity (Wildman–Crippen MR) is 78.3 cm³/mol. The number of carbonyl (C=O) groups excluding carboxylic acids is 1. The van der Waals surface area contributed by atoms with Gasteiger partial charge in [0.15, 0.2) is 0 Å². The quantitative estimate of drug-likeness (QED) is 0.897. The first kappa shape index (κ1) is 14.2. The van der Waals surface area contributed by atoms with E-state index in [1.165, 1.54) is 0 Å². The summed E-state index contributed by atoms with van der Waals surface area (Å²) in [5.41, 5.74) is 0.367. The first-order valence-electron chi connectivity index (χ1n) is 6.77. The summed E-state index contributed by atoms with van der Waals surface area (Å²) in [6.45, 7) is 1.20. The van der Waals surface area contributed by atoms with Crippen molar-refractivity contribution in [1.82, 2.24) is 9.80 Å². The number of amides is 2. The molecule has 5 heteroatoms. The third-order valence-electron chi connectivity index (χ3n) is 3.64. The Labute approximate surface area is 119 Å². The molecule has 0 bridgehead atoms. The van der Waals surface area contributed by atoms with E-state index >= 15 is 0 Å². The van der Waals surface area contributed by atoms with E-state index in [9.17, 15) is 10.1 Å². The molecule has 0 radical (unpaired) electrons. The zero-order valence-electron chi connectivity index (χ0n) is 12.0. The van der Waals surface area contributed by atoms with E-state index in [1.807, 2.05) is 30.3 Å². The number of hydrogen-bond donors (Lipinski definition) is 1. The highest BCUT2D eigenvalue weighted by atomic mass is 16.2. The number of nitrogens with one attached hydrogen (secondary N) is 1. The lowest BCUT2D eigenvalue weighted by atomic mass is 9.88. The van der Waals surface area contributed by atoms with Crippen molar-refractivity contribution >= 4 is 11.7 Å². The minimum atomic E-state index is -0.579. The Morgan fingerprint density at radius 3 is 2.40 bits per heavy atom. The Morgan fingerprint density at radius 2 is 1.90 bits per heavy atom. The molecule has 20 heavy (non-hydrogen) atoms. The highest BCUT2D eigenvalue weighted by molar-refractivity contribution is 5.74. The van der Waals surface area contributed by atoms with E-state index in [0.717, 1.165) is 5.69 Å². The first-order valence-corrected chi connectivity index (χ1v) is 6.77. The van der Waals surface area contributed by atoms with Crippen LogP contribution in [0.15, 0.2) is 30.3 Å². The smallest absolute Gasteiger partial charge is 0.319 e. The van der Waals surface area contributed by atoms with Crippen molar-refractivity contribution in [3.8, 4) is 6.07 Å². The molecule has 0 aliphatic carbocycles. The van der Waals surface area contributed by atoms with Gasteiger partial charge in [-0.2, -0.15) is 5.26 Å². The van der Waals surface area contributed by atoms with Gasteiger partial charge in [-0.1, -0.05) is 18.2 Å². The minimum absolute atomic E-state index is 0.0104. The molecule has 1 fully saturated rings. The van der Waals surface area contributed by atoms with Crippen molar-refractivity contribution in [2.24, 2.45) is 0 Å². The van der Waals surface area contributed by atoms with Gasteiger partial charge in [0.1, 0.15) is 5.54 Å². The van der Waals surface area contributed by atoms with E-state index in [-0.39, 0.29) is 6.03 Å². The molecule has 106 valence electrons. The van der Waals surface area contributed by atoms with Gasteiger partial charge < -0.3 is 15.1 Å². The summed E-state index contributed by atoms with van der Waals surface area (Å²) in [6.07, 6.45) is 1.27. The van der Waals surface area contributed by atoms with Crippen LogP contribution >= 0.6 is 0 Å². The molecule has 1 N–H and O–H groups in total. The SMILES string of the molecule is CN(C)C(=O)N1CCC(C#N)(Nc2ccccc2)CC1. The summed E-state index contributed by atoms with van der Waals surface area (Å²) in [5.74, 6) is 0. The average molecular weight is 272 g/mol. The summed E-state index contributed by atoms with van der Waals surface area (Å²) in [6, 6.07) is 12.1. The summed E-state index contributed by atoms with van der Waals surface area (Å²) >= 11 is 0. The van der Waals surface area contributed by atoms with Crippen LogP contribution in [0.25, 0.3) is 0 Å². The predicted octanol–water partition coefficient (Wildman–Crippen LogP) is 2.14. The van der Waals surface area contributed by atoms with Gasteiger partial charge in [0, 0.05) is 45.7 Å². The standard InChI is InChI=1S/C15H20N4O/c1-18(2)14(20)19-10-8-15(12-16,9-11-19)17-13-6-4-3-5-7-13/h3-7,17H,8-11H2,1-2H3. The van der Waals surface area contributed by atoms with Crippen molar-refractivity contribution < 1.29 is 4.79 Å². The van der Waals surface area contributed by atoms with E-state index in [1.54, 1.807) is 23.9 Å². The first-order chi connectivity index (χ1) is 9.56. The Bertz CT molecular complexity index is 498. The van der Waals surface area contributed by atoms with Gasteiger partial charge in [-0.25, -0.2) is 4.79 Å². The van der Waals surface area contributed by atoms with Crippen molar-refractivity contribution in [3.05, 3.63) is 30.3 Å². The van der Waals surface area contributed by atoms with Crippen molar-refractivity contribution in [2.75, 3.05) is 32.5 Å². The second-order valence-electron chi connectivity index (χ2n) is 5.35. The maximum absolute atomic E-state index is 11.9. The molecule has 2 amide bonds. The van der Waals surface area contributed by atoms with Gasteiger partial charge in [-0.05, 0) is 12.1 Å². The number of rotatable bonds is 2. The number of nitriles is 1. The number of anilines is 1. The second-order valence-corrected chi connectivity index (χ2v) is 5.35. The highest BCUT2D eigenvalue weighted by Gasteiger charge is 2.36. The van der Waals surface area contributed by atoms with Crippen LogP contribution in [0.2, 0.25) is 0 Å². The molecule has 5 nitrogen and oxygen atoms in total. The number of likely N-dealkylation sites (tertiary alicyclic amines) is 1. The number of urea groups is 1. The molecular weight excluding hydrogens is 252 g/mol. The molecule has 0 saturated carbocycles. The van der Waals surface area contributed by atoms with E-state index in [2.05, 4.69) is 11.4 Å². The second kappa shape index (κ2) is 5.83. The molecule has 1 heterocycles. The molecule has 1 saturated heterocycles. The molecule has 2 rings (SSSR count). The van der Waals surface area contributed by atoms with Crippen LogP contribution in [0.4, 0.5) is 10.5 Å². The van der Waals surface area contributed by atoms with Crippen LogP contribution in [0.3, 0.4) is 0 Å². The Hall–Kier alpha value is -2.22. The lowest BCUT2D eigenvalue weighted by molar-refractivity contribution is 0.152. The third kappa shape index (κ3) is 3.02. The van der Waals surface area contributed by atoms with E-state index in [4.69, 9.17) is 0 Å². The zero-order chi connectivity index (χ0) is 14.6. The molecule has 1 aromatic rings. The number of benzene rings is 1. The number of nitrogens with zero attached hydrogens (tertiary/aromatic N) is 3. The zero-order valence-corrected chi connectivity index (χ0v) is 12.0. The van der Waals surface area contributed by atoms with E-state index in [0.29, 0.717) is 25.9 Å². The van der Waals surface area contributed by atoms with Gasteiger partial charge in [0.05, 0.1) is 6.07 Å². The molecule has 1 aromatic carbocycles.